The number of hydrogen-bond donors (Lipinski definition) is 0. The number of nitrogens with zero attached hydrogens (tertiary/aromatic N) is 1. The van der Waals surface area contributed by atoms with Crippen LogP contribution in [-0.4, -0.2) is 21.0 Å². The molecule has 2 aromatic rings. The van der Waals surface area contributed by atoms with E-state index < -0.39 is 20.7 Å². The molecule has 2 aromatic carbocycles. The number of rotatable bonds is 6. The SMILES string of the molecule is CCOc1cc(C=C(C#N)S(=O)(=O)c2ccccc2)c(Br)cc1OC(C)=O. The summed E-state index contributed by atoms with van der Waals surface area (Å²) in [5, 5.41) is 9.41. The molecule has 6 nitrogen and oxygen atoms in total. The highest BCUT2D eigenvalue weighted by atomic mass is 79.9. The second kappa shape index (κ2) is 8.84. The van der Waals surface area contributed by atoms with Crippen LogP contribution in [0.3, 0.4) is 0 Å². The second-order valence-electron chi connectivity index (χ2n) is 5.28. The number of allylic oxidation sites excluding steroid dienone is 1. The summed E-state index contributed by atoms with van der Waals surface area (Å²) in [5.74, 6) is -0.0649. The molecule has 0 saturated heterocycles. The lowest BCUT2D eigenvalue weighted by Gasteiger charge is -2.12. The maximum absolute atomic E-state index is 12.7. The summed E-state index contributed by atoms with van der Waals surface area (Å²) in [6.07, 6.45) is 1.24. The van der Waals surface area contributed by atoms with E-state index in [0.29, 0.717) is 16.6 Å². The summed E-state index contributed by atoms with van der Waals surface area (Å²) in [7, 11) is -3.97. The molecule has 0 unspecified atom stereocenters. The molecule has 0 spiro atoms. The van der Waals surface area contributed by atoms with Crippen molar-refractivity contribution in [1.82, 2.24) is 0 Å². The van der Waals surface area contributed by atoms with Gasteiger partial charge in [-0.1, -0.05) is 34.1 Å². The molecule has 0 atom stereocenters. The summed E-state index contributed by atoms with van der Waals surface area (Å²) < 4.78 is 36.4. The summed E-state index contributed by atoms with van der Waals surface area (Å²) >= 11 is 3.31. The van der Waals surface area contributed by atoms with Crippen molar-refractivity contribution in [3.05, 3.63) is 57.4 Å². The number of halogens is 1. The van der Waals surface area contributed by atoms with Crippen LogP contribution in [0.4, 0.5) is 0 Å². The smallest absolute Gasteiger partial charge is 0.308 e. The van der Waals surface area contributed by atoms with Crippen LogP contribution in [0.25, 0.3) is 6.08 Å². The number of esters is 1. The van der Waals surface area contributed by atoms with Crippen molar-refractivity contribution in [2.75, 3.05) is 6.61 Å². The molecule has 140 valence electrons. The minimum Gasteiger partial charge on any atom is -0.490 e. The van der Waals surface area contributed by atoms with Crippen molar-refractivity contribution in [2.24, 2.45) is 0 Å². The zero-order valence-electron chi connectivity index (χ0n) is 14.6. The fourth-order valence-electron chi connectivity index (χ4n) is 2.20. The first kappa shape index (κ1) is 20.7. The normalized spacial score (nSPS) is 11.6. The molecular formula is C19H16BrNO5S. The first-order chi connectivity index (χ1) is 12.8. The Kier molecular flexibility index (Phi) is 6.77. The highest BCUT2D eigenvalue weighted by Gasteiger charge is 2.21. The van der Waals surface area contributed by atoms with Gasteiger partial charge in [0.05, 0.1) is 11.5 Å². The fourth-order valence-corrected chi connectivity index (χ4v) is 3.81. The van der Waals surface area contributed by atoms with Gasteiger partial charge in [0.15, 0.2) is 11.5 Å². The molecule has 2 rings (SSSR count). The Labute approximate surface area is 166 Å². The molecule has 0 amide bonds. The Balaban J connectivity index is 2.57. The lowest BCUT2D eigenvalue weighted by Crippen LogP contribution is -2.05. The molecule has 0 N–H and O–H groups in total. The van der Waals surface area contributed by atoms with Gasteiger partial charge in [0, 0.05) is 11.4 Å². The standard InChI is InChI=1S/C19H16BrNO5S/c1-3-25-18-10-14(17(20)11-19(18)26-13(2)22)9-16(12-21)27(23,24)15-7-5-4-6-8-15/h4-11H,3H2,1-2H3. The molecule has 27 heavy (non-hydrogen) atoms. The number of benzene rings is 2. The van der Waals surface area contributed by atoms with Gasteiger partial charge in [-0.25, -0.2) is 8.42 Å². The quantitative estimate of drug-likeness (QED) is 0.374. The molecule has 0 aromatic heterocycles. The van der Waals surface area contributed by atoms with E-state index in [9.17, 15) is 18.5 Å². The largest absolute Gasteiger partial charge is 0.490 e. The van der Waals surface area contributed by atoms with Crippen molar-refractivity contribution >= 4 is 37.8 Å². The molecule has 0 aliphatic heterocycles. The van der Waals surface area contributed by atoms with Crippen LogP contribution in [-0.2, 0) is 14.6 Å². The van der Waals surface area contributed by atoms with Crippen molar-refractivity contribution in [3.8, 4) is 17.6 Å². The number of nitriles is 1. The Bertz CT molecular complexity index is 1020. The van der Waals surface area contributed by atoms with Crippen molar-refractivity contribution < 1.29 is 22.7 Å². The summed E-state index contributed by atoms with van der Waals surface area (Å²) in [6.45, 7) is 3.33. The van der Waals surface area contributed by atoms with Gasteiger partial charge in [0.1, 0.15) is 11.0 Å². The van der Waals surface area contributed by atoms with Gasteiger partial charge in [0.2, 0.25) is 9.84 Å². The van der Waals surface area contributed by atoms with E-state index >= 15 is 0 Å². The van der Waals surface area contributed by atoms with Gasteiger partial charge >= 0.3 is 5.97 Å². The summed E-state index contributed by atoms with van der Waals surface area (Å²) in [6, 6.07) is 12.4. The van der Waals surface area contributed by atoms with Gasteiger partial charge in [-0.3, -0.25) is 4.79 Å². The monoisotopic (exact) mass is 449 g/mol. The zero-order valence-corrected chi connectivity index (χ0v) is 17.0. The molecule has 0 saturated carbocycles. The van der Waals surface area contributed by atoms with E-state index in [1.54, 1.807) is 31.2 Å². The van der Waals surface area contributed by atoms with E-state index in [1.807, 2.05) is 0 Å². The van der Waals surface area contributed by atoms with E-state index in [0.717, 1.165) is 0 Å². The molecule has 8 heteroatoms. The van der Waals surface area contributed by atoms with Crippen LogP contribution in [0.5, 0.6) is 11.5 Å². The first-order valence-corrected chi connectivity index (χ1v) is 10.1. The van der Waals surface area contributed by atoms with Gasteiger partial charge in [-0.05, 0) is 42.8 Å². The predicted molar refractivity (Wildman–Crippen MR) is 104 cm³/mol. The maximum atomic E-state index is 12.7. The molecule has 0 bridgehead atoms. The van der Waals surface area contributed by atoms with Crippen LogP contribution < -0.4 is 9.47 Å². The predicted octanol–water partition coefficient (Wildman–Crippen LogP) is 4.11. The number of carbonyl (C=O) groups is 1. The third kappa shape index (κ3) is 4.96. The van der Waals surface area contributed by atoms with Crippen LogP contribution in [0.15, 0.2) is 56.7 Å². The van der Waals surface area contributed by atoms with Crippen molar-refractivity contribution in [3.63, 3.8) is 0 Å². The molecular weight excluding hydrogens is 434 g/mol. The molecule has 0 radical (unpaired) electrons. The van der Waals surface area contributed by atoms with Gasteiger partial charge in [-0.2, -0.15) is 5.26 Å². The van der Waals surface area contributed by atoms with Gasteiger partial charge in [0.25, 0.3) is 0 Å². The Morgan fingerprint density at radius 1 is 1.22 bits per heavy atom. The van der Waals surface area contributed by atoms with E-state index in [2.05, 4.69) is 15.9 Å². The number of hydrogen-bond acceptors (Lipinski definition) is 6. The minimum atomic E-state index is -3.97. The van der Waals surface area contributed by atoms with E-state index in [-0.39, 0.29) is 16.4 Å². The second-order valence-corrected chi connectivity index (χ2v) is 8.06. The van der Waals surface area contributed by atoms with Gasteiger partial charge < -0.3 is 9.47 Å². The van der Waals surface area contributed by atoms with Crippen molar-refractivity contribution in [2.45, 2.75) is 18.7 Å². The minimum absolute atomic E-state index is 0.0236. The van der Waals surface area contributed by atoms with Crippen LogP contribution in [0.2, 0.25) is 0 Å². The third-order valence-electron chi connectivity index (χ3n) is 3.36. The topological polar surface area (TPSA) is 93.5 Å². The highest BCUT2D eigenvalue weighted by Crippen LogP contribution is 2.35. The summed E-state index contributed by atoms with van der Waals surface area (Å²) in [5.41, 5.74) is 0.394. The van der Waals surface area contributed by atoms with E-state index in [1.165, 1.54) is 37.3 Å². The first-order valence-electron chi connectivity index (χ1n) is 7.86. The lowest BCUT2D eigenvalue weighted by molar-refractivity contribution is -0.132. The van der Waals surface area contributed by atoms with Crippen LogP contribution in [0.1, 0.15) is 19.4 Å². The average molecular weight is 450 g/mol. The molecule has 0 aliphatic carbocycles. The Hall–Kier alpha value is -2.63. The van der Waals surface area contributed by atoms with Crippen molar-refractivity contribution in [1.29, 1.82) is 5.26 Å². The zero-order chi connectivity index (χ0) is 20.0. The number of ether oxygens (including phenoxy) is 2. The average Bonchev–Trinajstić information content (AvgIpc) is 2.63. The molecule has 0 fully saturated rings. The van der Waals surface area contributed by atoms with E-state index in [4.69, 9.17) is 9.47 Å². The Morgan fingerprint density at radius 2 is 1.89 bits per heavy atom. The number of carbonyl (C=O) groups excluding carboxylic acids is 1. The summed E-state index contributed by atoms with van der Waals surface area (Å²) in [4.78, 5) is 10.9. The van der Waals surface area contributed by atoms with Crippen LogP contribution >= 0.6 is 15.9 Å². The number of sulfone groups is 1. The third-order valence-corrected chi connectivity index (χ3v) is 5.72. The molecule has 0 heterocycles. The molecule has 0 aliphatic rings. The fraction of sp³-hybridized carbons (Fsp3) is 0.158. The maximum Gasteiger partial charge on any atom is 0.308 e. The Morgan fingerprint density at radius 3 is 2.44 bits per heavy atom. The highest BCUT2D eigenvalue weighted by molar-refractivity contribution is 9.10. The van der Waals surface area contributed by atoms with Gasteiger partial charge in [-0.15, -0.1) is 0 Å². The van der Waals surface area contributed by atoms with Crippen LogP contribution in [0, 0.1) is 11.3 Å². The lowest BCUT2D eigenvalue weighted by atomic mass is 10.2.